The Morgan fingerprint density at radius 3 is 0.674 bits per heavy atom. The number of rotatable bonds is 38. The molecule has 0 aliphatic heterocycles. The summed E-state index contributed by atoms with van der Waals surface area (Å²) in [5, 5.41) is 0. The molecule has 0 saturated carbocycles. The molecule has 14 nitrogen and oxygen atoms in total. The highest BCUT2D eigenvalue weighted by Crippen LogP contribution is 1.88. The monoisotopic (exact) mass is 630 g/mol. The normalized spacial score (nSPS) is 11.4. The van der Waals surface area contributed by atoms with Gasteiger partial charge < -0.3 is 61.6 Å². The predicted octanol–water partition coefficient (Wildman–Crippen LogP) is 1.16. The van der Waals surface area contributed by atoms with E-state index in [2.05, 4.69) is 0 Å². The number of carbonyl (C=O) groups is 1. The SMILES string of the molecule is CCOCCOCCOCCOCCOCCOCCOCCOCCOCCOCCOCCOCCOC(=O)CC. The van der Waals surface area contributed by atoms with Crippen LogP contribution in [0, 0.1) is 0 Å². The maximum absolute atomic E-state index is 10.9. The van der Waals surface area contributed by atoms with E-state index in [0.717, 1.165) is 0 Å². The Hall–Kier alpha value is -1.01. The molecular weight excluding hydrogens is 572 g/mol. The van der Waals surface area contributed by atoms with Gasteiger partial charge in [-0.2, -0.15) is 0 Å². The molecule has 0 heterocycles. The average Bonchev–Trinajstić information content (AvgIpc) is 3.02. The van der Waals surface area contributed by atoms with Crippen LogP contribution < -0.4 is 0 Å². The second-order valence-corrected chi connectivity index (χ2v) is 8.51. The third-order valence-corrected chi connectivity index (χ3v) is 5.08. The smallest absolute Gasteiger partial charge is 0.305 e. The molecule has 0 aromatic rings. The summed E-state index contributed by atoms with van der Waals surface area (Å²) in [5.74, 6) is -0.223. The molecule has 0 rings (SSSR count). The summed E-state index contributed by atoms with van der Waals surface area (Å²) in [7, 11) is 0. The number of hydrogen-bond donors (Lipinski definition) is 0. The summed E-state index contributed by atoms with van der Waals surface area (Å²) in [4.78, 5) is 10.9. The number of carbonyl (C=O) groups excluding carboxylic acids is 1. The lowest BCUT2D eigenvalue weighted by Gasteiger charge is -2.09. The molecular formula is C29H58O14. The Morgan fingerprint density at radius 2 is 0.488 bits per heavy atom. The molecule has 0 aromatic carbocycles. The van der Waals surface area contributed by atoms with Gasteiger partial charge in [-0.05, 0) is 6.92 Å². The molecule has 0 amide bonds. The molecule has 0 unspecified atom stereocenters. The van der Waals surface area contributed by atoms with E-state index in [1.165, 1.54) is 0 Å². The average molecular weight is 631 g/mol. The molecule has 0 fully saturated rings. The summed E-state index contributed by atoms with van der Waals surface area (Å²) in [6.45, 7) is 16.4. The first-order chi connectivity index (χ1) is 21.3. The number of ether oxygens (including phenoxy) is 13. The van der Waals surface area contributed by atoms with Gasteiger partial charge >= 0.3 is 5.97 Å². The number of hydrogen-bond acceptors (Lipinski definition) is 14. The fourth-order valence-electron chi connectivity index (χ4n) is 2.88. The Balaban J connectivity index is 3.04. The molecule has 43 heavy (non-hydrogen) atoms. The van der Waals surface area contributed by atoms with E-state index in [1.807, 2.05) is 6.92 Å². The Bertz CT molecular complexity index is 529. The van der Waals surface area contributed by atoms with Gasteiger partial charge in [0, 0.05) is 13.0 Å². The van der Waals surface area contributed by atoms with Crippen LogP contribution in [0.5, 0.6) is 0 Å². The van der Waals surface area contributed by atoms with E-state index in [0.29, 0.717) is 165 Å². The van der Waals surface area contributed by atoms with E-state index < -0.39 is 0 Å². The molecule has 0 aliphatic carbocycles. The molecule has 0 radical (unpaired) electrons. The standard InChI is InChI=1S/C29H58O14/c1-3-29(30)43-28-27-42-26-25-41-24-23-40-22-21-39-20-19-38-18-17-37-16-15-36-14-13-35-12-11-34-10-9-33-8-7-32-6-5-31-4-2/h3-28H2,1-2H3. The van der Waals surface area contributed by atoms with Crippen LogP contribution in [0.15, 0.2) is 0 Å². The minimum atomic E-state index is -0.223. The van der Waals surface area contributed by atoms with Crippen molar-refractivity contribution < 1.29 is 66.4 Å². The first kappa shape index (κ1) is 42.0. The molecule has 14 heteroatoms. The second kappa shape index (κ2) is 39.0. The zero-order chi connectivity index (χ0) is 31.2. The van der Waals surface area contributed by atoms with Gasteiger partial charge in [-0.3, -0.25) is 4.79 Å². The Labute approximate surface area is 258 Å². The largest absolute Gasteiger partial charge is 0.463 e. The summed E-state index contributed by atoms with van der Waals surface area (Å²) in [5.41, 5.74) is 0. The summed E-state index contributed by atoms with van der Waals surface area (Å²) in [6, 6.07) is 0. The van der Waals surface area contributed by atoms with Crippen molar-refractivity contribution in [3.8, 4) is 0 Å². The van der Waals surface area contributed by atoms with Crippen molar-refractivity contribution in [2.75, 3.05) is 165 Å². The molecule has 0 saturated heterocycles. The van der Waals surface area contributed by atoms with Gasteiger partial charge in [0.2, 0.25) is 0 Å². The zero-order valence-corrected chi connectivity index (χ0v) is 26.6. The third-order valence-electron chi connectivity index (χ3n) is 5.08. The van der Waals surface area contributed by atoms with Crippen molar-refractivity contribution in [3.05, 3.63) is 0 Å². The third kappa shape index (κ3) is 39.0. The van der Waals surface area contributed by atoms with Crippen molar-refractivity contribution >= 4 is 5.97 Å². The minimum absolute atomic E-state index is 0.223. The van der Waals surface area contributed by atoms with E-state index in [-0.39, 0.29) is 12.6 Å². The molecule has 258 valence electrons. The second-order valence-electron chi connectivity index (χ2n) is 8.51. The van der Waals surface area contributed by atoms with Crippen molar-refractivity contribution in [3.63, 3.8) is 0 Å². The van der Waals surface area contributed by atoms with Crippen molar-refractivity contribution in [1.82, 2.24) is 0 Å². The quantitative estimate of drug-likeness (QED) is 0.0713. The van der Waals surface area contributed by atoms with E-state index in [9.17, 15) is 4.79 Å². The first-order valence-corrected chi connectivity index (χ1v) is 15.4. The highest BCUT2D eigenvalue weighted by atomic mass is 16.6. The summed E-state index contributed by atoms with van der Waals surface area (Å²) in [6.07, 6.45) is 0.373. The van der Waals surface area contributed by atoms with Gasteiger partial charge in [-0.25, -0.2) is 0 Å². The maximum atomic E-state index is 10.9. The predicted molar refractivity (Wildman–Crippen MR) is 157 cm³/mol. The van der Waals surface area contributed by atoms with Crippen LogP contribution in [-0.2, 0) is 66.4 Å². The molecule has 0 aromatic heterocycles. The zero-order valence-electron chi connectivity index (χ0n) is 26.6. The molecule has 0 atom stereocenters. The van der Waals surface area contributed by atoms with Crippen LogP contribution in [-0.4, -0.2) is 171 Å². The van der Waals surface area contributed by atoms with E-state index in [1.54, 1.807) is 6.92 Å². The van der Waals surface area contributed by atoms with Gasteiger partial charge in [-0.15, -0.1) is 0 Å². The van der Waals surface area contributed by atoms with Gasteiger partial charge in [0.15, 0.2) is 0 Å². The lowest BCUT2D eigenvalue weighted by molar-refractivity contribution is -0.144. The first-order valence-electron chi connectivity index (χ1n) is 15.4. The van der Waals surface area contributed by atoms with Crippen molar-refractivity contribution in [2.24, 2.45) is 0 Å². The topological polar surface area (TPSA) is 137 Å². The molecule has 0 spiro atoms. The Kier molecular flexibility index (Phi) is 38.1. The van der Waals surface area contributed by atoms with Crippen molar-refractivity contribution in [2.45, 2.75) is 20.3 Å². The van der Waals surface area contributed by atoms with Crippen molar-refractivity contribution in [1.29, 1.82) is 0 Å². The maximum Gasteiger partial charge on any atom is 0.305 e. The lowest BCUT2D eigenvalue weighted by atomic mass is 10.5. The van der Waals surface area contributed by atoms with Gasteiger partial charge in [0.05, 0.1) is 152 Å². The van der Waals surface area contributed by atoms with Gasteiger partial charge in [-0.1, -0.05) is 6.92 Å². The number of esters is 1. The fraction of sp³-hybridized carbons (Fsp3) is 0.966. The van der Waals surface area contributed by atoms with Crippen LogP contribution in [0.3, 0.4) is 0 Å². The highest BCUT2D eigenvalue weighted by molar-refractivity contribution is 5.68. The van der Waals surface area contributed by atoms with Crippen LogP contribution in [0.25, 0.3) is 0 Å². The minimum Gasteiger partial charge on any atom is -0.463 e. The fourth-order valence-corrected chi connectivity index (χ4v) is 2.88. The van der Waals surface area contributed by atoms with Crippen LogP contribution in [0.1, 0.15) is 20.3 Å². The van der Waals surface area contributed by atoms with Crippen LogP contribution in [0.4, 0.5) is 0 Å². The van der Waals surface area contributed by atoms with Gasteiger partial charge in [0.1, 0.15) is 6.61 Å². The molecule has 0 N–H and O–H groups in total. The Morgan fingerprint density at radius 1 is 0.302 bits per heavy atom. The van der Waals surface area contributed by atoms with E-state index in [4.69, 9.17) is 61.6 Å². The summed E-state index contributed by atoms with van der Waals surface area (Å²) < 4.78 is 69.7. The highest BCUT2D eigenvalue weighted by Gasteiger charge is 1.98. The van der Waals surface area contributed by atoms with Crippen LogP contribution in [0.2, 0.25) is 0 Å². The summed E-state index contributed by atoms with van der Waals surface area (Å²) >= 11 is 0. The molecule has 0 aliphatic rings. The lowest BCUT2D eigenvalue weighted by Crippen LogP contribution is -2.15. The van der Waals surface area contributed by atoms with Crippen LogP contribution >= 0.6 is 0 Å². The van der Waals surface area contributed by atoms with E-state index >= 15 is 0 Å². The molecule has 0 bridgehead atoms. The van der Waals surface area contributed by atoms with Gasteiger partial charge in [0.25, 0.3) is 0 Å².